The van der Waals surface area contributed by atoms with Gasteiger partial charge in [0.05, 0.1) is 18.7 Å². The van der Waals surface area contributed by atoms with Gasteiger partial charge in [-0.2, -0.15) is 13.2 Å². The van der Waals surface area contributed by atoms with E-state index in [1.54, 1.807) is 6.08 Å². The van der Waals surface area contributed by atoms with Crippen LogP contribution >= 0.6 is 0 Å². The minimum Gasteiger partial charge on any atom is -0.497 e. The van der Waals surface area contributed by atoms with E-state index < -0.39 is 41.2 Å². The highest BCUT2D eigenvalue weighted by atomic mass is 19.4. The van der Waals surface area contributed by atoms with E-state index in [1.807, 2.05) is 0 Å². The molecule has 0 radical (unpaired) electrons. The molecular weight excluding hydrogens is 323 g/mol. The Kier molecular flexibility index (Phi) is 2.93. The van der Waals surface area contributed by atoms with Crippen molar-refractivity contribution in [3.63, 3.8) is 0 Å². The molecule has 1 saturated heterocycles. The topological polar surface area (TPSA) is 46.6 Å². The molecule has 24 heavy (non-hydrogen) atoms. The second-order valence-electron chi connectivity index (χ2n) is 6.41. The van der Waals surface area contributed by atoms with Crippen molar-refractivity contribution in [1.29, 1.82) is 0 Å². The molecule has 4 nitrogen and oxygen atoms in total. The lowest BCUT2D eigenvalue weighted by atomic mass is 9.69. The zero-order valence-electron chi connectivity index (χ0n) is 12.7. The third-order valence-electron chi connectivity index (χ3n) is 5.46. The molecule has 0 aromatic heterocycles. The number of alkyl halides is 3. The number of allylic oxidation sites excluding steroid dienone is 2. The number of fused-ring (bicyclic) bond motifs is 5. The molecular formula is C17H14F3NO3. The molecule has 0 unspecified atom stereocenters. The van der Waals surface area contributed by atoms with Crippen LogP contribution in [-0.4, -0.2) is 25.1 Å². The third kappa shape index (κ3) is 1.59. The van der Waals surface area contributed by atoms with Crippen LogP contribution in [-0.2, 0) is 9.59 Å². The highest BCUT2D eigenvalue weighted by Crippen LogP contribution is 2.67. The van der Waals surface area contributed by atoms with Gasteiger partial charge in [-0.25, -0.2) is 4.90 Å². The summed E-state index contributed by atoms with van der Waals surface area (Å²) in [5.41, 5.74) is -2.48. The molecule has 3 aliphatic rings. The Bertz CT molecular complexity index is 755. The van der Waals surface area contributed by atoms with Crippen LogP contribution in [0.2, 0.25) is 0 Å². The number of hydrogen-bond donors (Lipinski definition) is 0. The summed E-state index contributed by atoms with van der Waals surface area (Å²) >= 11 is 0. The smallest absolute Gasteiger partial charge is 0.404 e. The van der Waals surface area contributed by atoms with Gasteiger partial charge < -0.3 is 4.74 Å². The molecule has 126 valence electrons. The predicted octanol–water partition coefficient (Wildman–Crippen LogP) is 2.94. The molecule has 1 aliphatic heterocycles. The maximum absolute atomic E-state index is 13.9. The number of ether oxygens (including phenoxy) is 1. The Morgan fingerprint density at radius 2 is 1.83 bits per heavy atom. The van der Waals surface area contributed by atoms with E-state index in [4.69, 9.17) is 4.74 Å². The van der Waals surface area contributed by atoms with E-state index >= 15 is 0 Å². The van der Waals surface area contributed by atoms with E-state index in [1.165, 1.54) is 37.5 Å². The maximum Gasteiger partial charge on any atom is 0.404 e. The second-order valence-corrected chi connectivity index (χ2v) is 6.41. The third-order valence-corrected chi connectivity index (χ3v) is 5.46. The molecule has 2 fully saturated rings. The first-order valence-electron chi connectivity index (χ1n) is 7.60. The summed E-state index contributed by atoms with van der Waals surface area (Å²) in [7, 11) is 1.45. The van der Waals surface area contributed by atoms with Crippen molar-refractivity contribution in [2.75, 3.05) is 12.0 Å². The molecule has 7 heteroatoms. The number of anilines is 1. The number of carbonyl (C=O) groups excluding carboxylic acids is 2. The number of benzene rings is 1. The predicted molar refractivity (Wildman–Crippen MR) is 78.2 cm³/mol. The maximum atomic E-state index is 13.9. The number of amides is 2. The van der Waals surface area contributed by atoms with Gasteiger partial charge in [-0.15, -0.1) is 0 Å². The number of carbonyl (C=O) groups is 2. The first-order valence-corrected chi connectivity index (χ1v) is 7.60. The minimum atomic E-state index is -4.77. The first kappa shape index (κ1) is 15.2. The van der Waals surface area contributed by atoms with Gasteiger partial charge >= 0.3 is 6.18 Å². The summed E-state index contributed by atoms with van der Waals surface area (Å²) in [6, 6.07) is 5.87. The number of hydrogen-bond acceptors (Lipinski definition) is 3. The Morgan fingerprint density at radius 1 is 1.17 bits per heavy atom. The van der Waals surface area contributed by atoms with E-state index in [0.29, 0.717) is 10.6 Å². The monoisotopic (exact) mass is 337 g/mol. The molecule has 0 spiro atoms. The van der Waals surface area contributed by atoms with Crippen molar-refractivity contribution in [2.24, 2.45) is 23.2 Å². The lowest BCUT2D eigenvalue weighted by Crippen LogP contribution is -2.51. The molecule has 2 aliphatic carbocycles. The summed E-state index contributed by atoms with van der Waals surface area (Å²) in [5.74, 6) is -4.29. The fraction of sp³-hybridized carbons (Fsp3) is 0.412. The normalized spacial score (nSPS) is 34.2. The Labute approximate surface area is 135 Å². The number of rotatable bonds is 2. The summed E-state index contributed by atoms with van der Waals surface area (Å²) in [6.45, 7) is 0. The number of nitrogens with zero attached hydrogens (tertiary/aromatic N) is 1. The van der Waals surface area contributed by atoms with Gasteiger partial charge in [-0.3, -0.25) is 9.59 Å². The van der Waals surface area contributed by atoms with Crippen LogP contribution in [0.25, 0.3) is 0 Å². The molecule has 1 saturated carbocycles. The highest BCUT2D eigenvalue weighted by molar-refractivity contribution is 6.24. The van der Waals surface area contributed by atoms with Crippen molar-refractivity contribution in [1.82, 2.24) is 0 Å². The van der Waals surface area contributed by atoms with Gasteiger partial charge in [-0.05, 0) is 36.6 Å². The summed E-state index contributed by atoms with van der Waals surface area (Å²) in [6.07, 6.45) is -1.48. The van der Waals surface area contributed by atoms with Gasteiger partial charge in [0.15, 0.2) is 5.41 Å². The van der Waals surface area contributed by atoms with Crippen LogP contribution in [0.1, 0.15) is 6.42 Å². The van der Waals surface area contributed by atoms with E-state index in [9.17, 15) is 22.8 Å². The minimum absolute atomic E-state index is 0.142. The van der Waals surface area contributed by atoms with Crippen molar-refractivity contribution in [3.8, 4) is 5.75 Å². The Balaban J connectivity index is 1.83. The van der Waals surface area contributed by atoms with Gasteiger partial charge in [0, 0.05) is 5.92 Å². The average Bonchev–Trinajstić information content (AvgIpc) is 3.19. The van der Waals surface area contributed by atoms with Crippen LogP contribution in [0, 0.1) is 23.2 Å². The average molecular weight is 337 g/mol. The van der Waals surface area contributed by atoms with E-state index in [2.05, 4.69) is 0 Å². The molecule has 2 amide bonds. The highest BCUT2D eigenvalue weighted by Gasteiger charge is 2.80. The molecule has 1 heterocycles. The van der Waals surface area contributed by atoms with Crippen molar-refractivity contribution < 1.29 is 27.5 Å². The van der Waals surface area contributed by atoms with Gasteiger partial charge in [-0.1, -0.05) is 12.2 Å². The van der Waals surface area contributed by atoms with Crippen LogP contribution in [0.3, 0.4) is 0 Å². The molecule has 4 rings (SSSR count). The Morgan fingerprint density at radius 3 is 2.38 bits per heavy atom. The Hall–Kier alpha value is -2.31. The fourth-order valence-electron chi connectivity index (χ4n) is 4.46. The zero-order chi connectivity index (χ0) is 17.3. The molecule has 0 N–H and O–H groups in total. The van der Waals surface area contributed by atoms with Crippen molar-refractivity contribution in [2.45, 2.75) is 12.6 Å². The van der Waals surface area contributed by atoms with Crippen LogP contribution in [0.15, 0.2) is 36.4 Å². The van der Waals surface area contributed by atoms with Gasteiger partial charge in [0.25, 0.3) is 5.91 Å². The van der Waals surface area contributed by atoms with E-state index in [-0.39, 0.29) is 12.1 Å². The van der Waals surface area contributed by atoms with Crippen LogP contribution in [0.4, 0.5) is 18.9 Å². The lowest BCUT2D eigenvalue weighted by molar-refractivity contribution is -0.233. The second kappa shape index (κ2) is 4.62. The summed E-state index contributed by atoms with van der Waals surface area (Å²) in [5, 5.41) is 0. The van der Waals surface area contributed by atoms with Crippen LogP contribution in [0.5, 0.6) is 5.75 Å². The van der Waals surface area contributed by atoms with Gasteiger partial charge in [0.1, 0.15) is 5.75 Å². The number of halogens is 3. The summed E-state index contributed by atoms with van der Waals surface area (Å²) < 4.78 is 46.8. The zero-order valence-corrected chi connectivity index (χ0v) is 12.7. The van der Waals surface area contributed by atoms with Gasteiger partial charge in [0.2, 0.25) is 5.91 Å². The molecule has 1 aromatic carbocycles. The molecule has 2 bridgehead atoms. The lowest BCUT2D eigenvalue weighted by Gasteiger charge is -2.34. The SMILES string of the molecule is COc1ccc(N2C(=O)[C@@H]3[C@@H]4C=C[C@@H](C4)[C@]3(C(F)(F)F)C2=O)cc1. The first-order chi connectivity index (χ1) is 11.3. The van der Waals surface area contributed by atoms with Crippen molar-refractivity contribution in [3.05, 3.63) is 36.4 Å². The molecule has 1 aromatic rings. The van der Waals surface area contributed by atoms with Crippen molar-refractivity contribution >= 4 is 17.5 Å². The largest absolute Gasteiger partial charge is 0.497 e. The quantitative estimate of drug-likeness (QED) is 0.616. The standard InChI is InChI=1S/C17H14F3NO3/c1-24-12-6-4-11(5-7-12)21-14(22)13-9-2-3-10(8-9)16(13,15(21)23)17(18,19)20/h2-7,9-10,13H,8H2,1H3/t9-,10+,13+,16-/m1/s1. The van der Waals surface area contributed by atoms with Crippen LogP contribution < -0.4 is 9.64 Å². The van der Waals surface area contributed by atoms with E-state index in [0.717, 1.165) is 0 Å². The number of methoxy groups -OCH3 is 1. The fourth-order valence-corrected chi connectivity index (χ4v) is 4.46. The number of imide groups is 1. The summed E-state index contributed by atoms with van der Waals surface area (Å²) in [4.78, 5) is 26.3. The molecule has 4 atom stereocenters.